The Morgan fingerprint density at radius 2 is 2.44 bits per heavy atom. The molecule has 0 aromatic carbocycles. The number of nitrogens with zero attached hydrogens (tertiary/aromatic N) is 1. The molecule has 0 aliphatic heterocycles. The molecule has 1 aromatic heterocycles. The summed E-state index contributed by atoms with van der Waals surface area (Å²) in [6, 6.07) is 3.79. The number of carbonyl (C=O) groups excluding carboxylic acids is 1. The summed E-state index contributed by atoms with van der Waals surface area (Å²) in [5.74, 6) is 0.182. The molecule has 4 heteroatoms. The molecule has 1 amide bonds. The first-order valence-corrected chi connectivity index (χ1v) is 5.75. The molecular weight excluding hydrogens is 204 g/mol. The first-order chi connectivity index (χ1) is 7.72. The van der Waals surface area contributed by atoms with Crippen molar-refractivity contribution >= 4 is 5.91 Å². The third-order valence-corrected chi connectivity index (χ3v) is 3.39. The van der Waals surface area contributed by atoms with Crippen molar-refractivity contribution in [1.29, 1.82) is 0 Å². The van der Waals surface area contributed by atoms with Crippen molar-refractivity contribution in [2.75, 3.05) is 6.61 Å². The molecule has 1 heterocycles. The Bertz CT molecular complexity index is 373. The number of amides is 1. The molecule has 2 N–H and O–H groups in total. The lowest BCUT2D eigenvalue weighted by Crippen LogP contribution is -2.39. The van der Waals surface area contributed by atoms with E-state index < -0.39 is 0 Å². The number of aryl methyl sites for hydroxylation is 1. The molecule has 0 saturated heterocycles. The van der Waals surface area contributed by atoms with Crippen molar-refractivity contribution < 1.29 is 9.90 Å². The highest BCUT2D eigenvalue weighted by Crippen LogP contribution is 2.25. The second kappa shape index (κ2) is 4.70. The summed E-state index contributed by atoms with van der Waals surface area (Å²) in [4.78, 5) is 11.9. The molecule has 1 fully saturated rings. The zero-order valence-corrected chi connectivity index (χ0v) is 9.52. The van der Waals surface area contributed by atoms with Crippen LogP contribution in [-0.2, 0) is 7.05 Å². The fourth-order valence-electron chi connectivity index (χ4n) is 2.38. The van der Waals surface area contributed by atoms with Crippen molar-refractivity contribution in [2.24, 2.45) is 13.0 Å². The van der Waals surface area contributed by atoms with E-state index in [1.807, 2.05) is 19.3 Å². The van der Waals surface area contributed by atoms with Gasteiger partial charge in [-0.1, -0.05) is 6.42 Å². The number of carbonyl (C=O) groups is 1. The van der Waals surface area contributed by atoms with Gasteiger partial charge in [0.1, 0.15) is 5.69 Å². The van der Waals surface area contributed by atoms with E-state index in [0.29, 0.717) is 5.69 Å². The standard InChI is InChI=1S/C12H18N2O2/c1-14-7-3-6-11(14)12(16)13-10-5-2-4-9(10)8-15/h3,6-7,9-10,15H,2,4-5,8H2,1H3,(H,13,16). The molecular formula is C12H18N2O2. The van der Waals surface area contributed by atoms with Gasteiger partial charge in [-0.25, -0.2) is 0 Å². The minimum Gasteiger partial charge on any atom is -0.396 e. The van der Waals surface area contributed by atoms with Gasteiger partial charge in [0.15, 0.2) is 0 Å². The van der Waals surface area contributed by atoms with Gasteiger partial charge >= 0.3 is 0 Å². The topological polar surface area (TPSA) is 54.3 Å². The van der Waals surface area contributed by atoms with Gasteiger partial charge in [0.25, 0.3) is 5.91 Å². The summed E-state index contributed by atoms with van der Waals surface area (Å²) in [7, 11) is 1.85. The number of hydrogen-bond donors (Lipinski definition) is 2. The Labute approximate surface area is 95.3 Å². The predicted molar refractivity (Wildman–Crippen MR) is 61.1 cm³/mol. The van der Waals surface area contributed by atoms with Crippen LogP contribution in [0.1, 0.15) is 29.8 Å². The molecule has 16 heavy (non-hydrogen) atoms. The number of aliphatic hydroxyl groups excluding tert-OH is 1. The second-order valence-electron chi connectivity index (χ2n) is 4.46. The maximum absolute atomic E-state index is 11.9. The fourth-order valence-corrected chi connectivity index (χ4v) is 2.38. The van der Waals surface area contributed by atoms with E-state index in [4.69, 9.17) is 0 Å². The molecule has 0 spiro atoms. The van der Waals surface area contributed by atoms with Crippen LogP contribution in [0.15, 0.2) is 18.3 Å². The van der Waals surface area contributed by atoms with Crippen LogP contribution in [0, 0.1) is 5.92 Å². The average Bonchev–Trinajstić information content (AvgIpc) is 2.86. The van der Waals surface area contributed by atoms with Gasteiger partial charge < -0.3 is 15.0 Å². The number of nitrogens with one attached hydrogen (secondary N) is 1. The van der Waals surface area contributed by atoms with Crippen molar-refractivity contribution in [2.45, 2.75) is 25.3 Å². The van der Waals surface area contributed by atoms with E-state index in [0.717, 1.165) is 19.3 Å². The normalized spacial score (nSPS) is 24.6. The lowest BCUT2D eigenvalue weighted by atomic mass is 10.1. The van der Waals surface area contributed by atoms with E-state index in [1.165, 1.54) is 0 Å². The molecule has 1 saturated carbocycles. The van der Waals surface area contributed by atoms with Gasteiger partial charge in [-0.15, -0.1) is 0 Å². The Morgan fingerprint density at radius 1 is 1.62 bits per heavy atom. The van der Waals surface area contributed by atoms with Gasteiger partial charge in [0.05, 0.1) is 0 Å². The van der Waals surface area contributed by atoms with Crippen LogP contribution in [-0.4, -0.2) is 28.2 Å². The first kappa shape index (κ1) is 11.2. The Balaban J connectivity index is 2.00. The van der Waals surface area contributed by atoms with Crippen LogP contribution >= 0.6 is 0 Å². The summed E-state index contributed by atoms with van der Waals surface area (Å²) < 4.78 is 1.80. The second-order valence-corrected chi connectivity index (χ2v) is 4.46. The van der Waals surface area contributed by atoms with Crippen LogP contribution in [0.3, 0.4) is 0 Å². The zero-order chi connectivity index (χ0) is 11.5. The van der Waals surface area contributed by atoms with Gasteiger partial charge in [0.2, 0.25) is 0 Å². The predicted octanol–water partition coefficient (Wildman–Crippen LogP) is 0.916. The summed E-state index contributed by atoms with van der Waals surface area (Å²) in [5.41, 5.74) is 0.670. The Morgan fingerprint density at radius 3 is 3.06 bits per heavy atom. The van der Waals surface area contributed by atoms with Crippen molar-refractivity contribution in [3.8, 4) is 0 Å². The third-order valence-electron chi connectivity index (χ3n) is 3.39. The SMILES string of the molecule is Cn1cccc1C(=O)NC1CCCC1CO. The average molecular weight is 222 g/mol. The van der Waals surface area contributed by atoms with Crippen LogP contribution in [0.2, 0.25) is 0 Å². The van der Waals surface area contributed by atoms with Gasteiger partial charge in [-0.3, -0.25) is 4.79 Å². The van der Waals surface area contributed by atoms with Gasteiger partial charge in [-0.2, -0.15) is 0 Å². The Hall–Kier alpha value is -1.29. The fraction of sp³-hybridized carbons (Fsp3) is 0.583. The maximum Gasteiger partial charge on any atom is 0.268 e. The van der Waals surface area contributed by atoms with E-state index in [1.54, 1.807) is 10.6 Å². The molecule has 88 valence electrons. The molecule has 0 radical (unpaired) electrons. The summed E-state index contributed by atoms with van der Waals surface area (Å²) in [6.07, 6.45) is 4.92. The van der Waals surface area contributed by atoms with Crippen molar-refractivity contribution in [3.63, 3.8) is 0 Å². The van der Waals surface area contributed by atoms with Crippen LogP contribution in [0.4, 0.5) is 0 Å². The third kappa shape index (κ3) is 2.11. The smallest absolute Gasteiger partial charge is 0.268 e. The molecule has 4 nitrogen and oxygen atoms in total. The summed E-state index contributed by atoms with van der Waals surface area (Å²) >= 11 is 0. The van der Waals surface area contributed by atoms with Gasteiger partial charge in [-0.05, 0) is 25.0 Å². The monoisotopic (exact) mass is 222 g/mol. The van der Waals surface area contributed by atoms with Crippen molar-refractivity contribution in [3.05, 3.63) is 24.0 Å². The highest BCUT2D eigenvalue weighted by Gasteiger charge is 2.28. The van der Waals surface area contributed by atoms with Crippen LogP contribution < -0.4 is 5.32 Å². The first-order valence-electron chi connectivity index (χ1n) is 5.75. The minimum atomic E-state index is -0.0437. The maximum atomic E-state index is 11.9. The number of hydrogen-bond acceptors (Lipinski definition) is 2. The highest BCUT2D eigenvalue weighted by molar-refractivity contribution is 5.92. The molecule has 1 aromatic rings. The van der Waals surface area contributed by atoms with Crippen LogP contribution in [0.25, 0.3) is 0 Å². The minimum absolute atomic E-state index is 0.0437. The molecule has 1 aliphatic rings. The van der Waals surface area contributed by atoms with Crippen molar-refractivity contribution in [1.82, 2.24) is 9.88 Å². The number of aromatic nitrogens is 1. The van der Waals surface area contributed by atoms with E-state index in [-0.39, 0.29) is 24.5 Å². The summed E-state index contributed by atoms with van der Waals surface area (Å²) in [5, 5.41) is 12.2. The van der Waals surface area contributed by atoms with E-state index in [2.05, 4.69) is 5.32 Å². The molecule has 1 aliphatic carbocycles. The highest BCUT2D eigenvalue weighted by atomic mass is 16.3. The Kier molecular flexibility index (Phi) is 3.29. The molecule has 2 atom stereocenters. The molecule has 2 unspecified atom stereocenters. The lowest BCUT2D eigenvalue weighted by molar-refractivity contribution is 0.0908. The molecule has 0 bridgehead atoms. The largest absolute Gasteiger partial charge is 0.396 e. The van der Waals surface area contributed by atoms with E-state index >= 15 is 0 Å². The van der Waals surface area contributed by atoms with Crippen LogP contribution in [0.5, 0.6) is 0 Å². The van der Waals surface area contributed by atoms with E-state index in [9.17, 15) is 9.90 Å². The summed E-state index contributed by atoms with van der Waals surface area (Å²) in [6.45, 7) is 0.165. The number of aliphatic hydroxyl groups is 1. The van der Waals surface area contributed by atoms with Gasteiger partial charge in [0, 0.05) is 31.8 Å². The quantitative estimate of drug-likeness (QED) is 0.799. The zero-order valence-electron chi connectivity index (χ0n) is 9.52. The number of rotatable bonds is 3. The molecule has 2 rings (SSSR count). The lowest BCUT2D eigenvalue weighted by Gasteiger charge is -2.19.